The molecule has 0 bridgehead atoms. The number of carbonyl (C=O) groups excluding carboxylic acids is 2. The molecule has 2 aliphatic rings. The lowest BCUT2D eigenvalue weighted by Crippen LogP contribution is -2.40. The van der Waals surface area contributed by atoms with Gasteiger partial charge in [0.15, 0.2) is 0 Å². The second kappa shape index (κ2) is 7.70. The fraction of sp³-hybridized carbons (Fsp3) is 0.400. The number of hydrogen-bond acceptors (Lipinski definition) is 5. The van der Waals surface area contributed by atoms with Crippen molar-refractivity contribution in [2.75, 3.05) is 26.2 Å². The van der Waals surface area contributed by atoms with Crippen molar-refractivity contribution in [3.8, 4) is 0 Å². The van der Waals surface area contributed by atoms with E-state index in [0.717, 1.165) is 32.5 Å². The highest BCUT2D eigenvalue weighted by molar-refractivity contribution is 7.09. The van der Waals surface area contributed by atoms with Crippen LogP contribution < -0.4 is 0 Å². The summed E-state index contributed by atoms with van der Waals surface area (Å²) in [6.45, 7) is 3.55. The van der Waals surface area contributed by atoms with Crippen LogP contribution >= 0.6 is 11.3 Å². The number of hydrogen-bond donors (Lipinski definition) is 0. The van der Waals surface area contributed by atoms with E-state index >= 15 is 0 Å². The summed E-state index contributed by atoms with van der Waals surface area (Å²) in [6.07, 6.45) is 2.43. The molecule has 2 amide bonds. The topological polar surface area (TPSA) is 49.9 Å². The average Bonchev–Trinajstić information content (AvgIpc) is 3.38. The molecule has 1 saturated heterocycles. The molecule has 4 rings (SSSR count). The molecule has 1 atom stereocenters. The molecule has 0 unspecified atom stereocenters. The molecule has 3 heterocycles. The maximum atomic E-state index is 12.5. The van der Waals surface area contributed by atoms with E-state index in [2.05, 4.69) is 22.4 Å². The van der Waals surface area contributed by atoms with Crippen LogP contribution in [0.2, 0.25) is 0 Å². The van der Waals surface area contributed by atoms with E-state index < -0.39 is 0 Å². The number of thiophene rings is 1. The predicted molar refractivity (Wildman–Crippen MR) is 100 cm³/mol. The normalized spacial score (nSPS) is 19.6. The van der Waals surface area contributed by atoms with Crippen LogP contribution in [0.4, 0.5) is 0 Å². The third-order valence-corrected chi connectivity index (χ3v) is 5.82. The van der Waals surface area contributed by atoms with Gasteiger partial charge in [0, 0.05) is 37.7 Å². The highest BCUT2D eigenvalue weighted by atomic mass is 32.1. The van der Waals surface area contributed by atoms with Crippen LogP contribution in [0, 0.1) is 0 Å². The lowest BCUT2D eigenvalue weighted by atomic mass is 10.1. The molecule has 26 heavy (non-hydrogen) atoms. The first-order chi connectivity index (χ1) is 12.7. The molecule has 6 heteroatoms. The Balaban J connectivity index is 1.42. The van der Waals surface area contributed by atoms with E-state index in [1.54, 1.807) is 35.6 Å². The van der Waals surface area contributed by atoms with E-state index in [-0.39, 0.29) is 17.9 Å². The van der Waals surface area contributed by atoms with Crippen molar-refractivity contribution in [3.63, 3.8) is 0 Å². The van der Waals surface area contributed by atoms with Crippen LogP contribution in [0.3, 0.4) is 0 Å². The van der Waals surface area contributed by atoms with Gasteiger partial charge in [0.25, 0.3) is 11.8 Å². The summed E-state index contributed by atoms with van der Waals surface area (Å²) in [7, 11) is 0. The Labute approximate surface area is 157 Å². The summed E-state index contributed by atoms with van der Waals surface area (Å²) in [4.78, 5) is 30.0. The number of benzene rings is 1. The van der Waals surface area contributed by atoms with Crippen LogP contribution in [0.25, 0.3) is 0 Å². The quantitative estimate of drug-likeness (QED) is 0.703. The molecular formula is C20H22N2O3S. The van der Waals surface area contributed by atoms with Gasteiger partial charge in [0.2, 0.25) is 0 Å². The van der Waals surface area contributed by atoms with Crippen LogP contribution in [-0.4, -0.2) is 54.0 Å². The first-order valence-electron chi connectivity index (χ1n) is 9.04. The van der Waals surface area contributed by atoms with E-state index in [1.807, 2.05) is 0 Å². The van der Waals surface area contributed by atoms with Gasteiger partial charge in [-0.2, -0.15) is 0 Å². The zero-order valence-corrected chi connectivity index (χ0v) is 15.4. The molecule has 2 aliphatic heterocycles. The van der Waals surface area contributed by atoms with Crippen molar-refractivity contribution in [1.82, 2.24) is 9.80 Å². The summed E-state index contributed by atoms with van der Waals surface area (Å²) in [5.74, 6) is -0.363. The maximum absolute atomic E-state index is 12.5. The predicted octanol–water partition coefficient (Wildman–Crippen LogP) is 3.03. The van der Waals surface area contributed by atoms with Crippen molar-refractivity contribution in [2.24, 2.45) is 0 Å². The van der Waals surface area contributed by atoms with Gasteiger partial charge in [-0.15, -0.1) is 11.3 Å². The minimum Gasteiger partial charge on any atom is -0.377 e. The smallest absolute Gasteiger partial charge is 0.261 e. The van der Waals surface area contributed by atoms with Gasteiger partial charge in [-0.25, -0.2) is 0 Å². The van der Waals surface area contributed by atoms with Gasteiger partial charge in [-0.3, -0.25) is 19.4 Å². The number of ether oxygens (including phenoxy) is 1. The fourth-order valence-corrected chi connectivity index (χ4v) is 4.36. The van der Waals surface area contributed by atoms with E-state index in [4.69, 9.17) is 4.74 Å². The molecule has 0 spiro atoms. The molecule has 1 aromatic carbocycles. The zero-order chi connectivity index (χ0) is 17.9. The van der Waals surface area contributed by atoms with Crippen LogP contribution in [-0.2, 0) is 11.3 Å². The lowest BCUT2D eigenvalue weighted by molar-refractivity contribution is 0.0561. The summed E-state index contributed by atoms with van der Waals surface area (Å²) >= 11 is 1.73. The monoisotopic (exact) mass is 370 g/mol. The van der Waals surface area contributed by atoms with E-state index in [0.29, 0.717) is 24.2 Å². The molecule has 2 aromatic rings. The number of fused-ring (bicyclic) bond motifs is 1. The van der Waals surface area contributed by atoms with E-state index in [1.165, 1.54) is 9.78 Å². The third kappa shape index (κ3) is 3.58. The van der Waals surface area contributed by atoms with Crippen molar-refractivity contribution < 1.29 is 14.3 Å². The Kier molecular flexibility index (Phi) is 5.15. The SMILES string of the molecule is O=C1c2ccccc2C(=O)N1CCN(Cc1cccs1)C[C@H]1CCCO1. The van der Waals surface area contributed by atoms with Gasteiger partial charge < -0.3 is 4.74 Å². The molecule has 1 aromatic heterocycles. The molecule has 0 aliphatic carbocycles. The Morgan fingerprint density at radius 2 is 1.88 bits per heavy atom. The highest BCUT2D eigenvalue weighted by Gasteiger charge is 2.35. The molecular weight excluding hydrogens is 348 g/mol. The molecule has 0 radical (unpaired) electrons. The first kappa shape index (κ1) is 17.4. The lowest BCUT2D eigenvalue weighted by Gasteiger charge is -2.26. The molecule has 136 valence electrons. The van der Waals surface area contributed by atoms with Crippen LogP contribution in [0.5, 0.6) is 0 Å². The minimum atomic E-state index is -0.182. The third-order valence-electron chi connectivity index (χ3n) is 4.96. The summed E-state index contributed by atoms with van der Waals surface area (Å²) in [5.41, 5.74) is 1.03. The van der Waals surface area contributed by atoms with E-state index in [9.17, 15) is 9.59 Å². The van der Waals surface area contributed by atoms with Gasteiger partial charge in [-0.1, -0.05) is 18.2 Å². The zero-order valence-electron chi connectivity index (χ0n) is 14.6. The fourth-order valence-electron chi connectivity index (χ4n) is 3.62. The molecule has 5 nitrogen and oxygen atoms in total. The average molecular weight is 370 g/mol. The summed E-state index contributed by atoms with van der Waals surface area (Å²) in [6, 6.07) is 11.2. The molecule has 0 saturated carbocycles. The number of imide groups is 1. The van der Waals surface area contributed by atoms with Gasteiger partial charge in [-0.05, 0) is 36.4 Å². The number of rotatable bonds is 7. The minimum absolute atomic E-state index is 0.182. The Bertz CT molecular complexity index is 749. The summed E-state index contributed by atoms with van der Waals surface area (Å²) < 4.78 is 5.78. The molecule has 0 N–H and O–H groups in total. The second-order valence-corrected chi connectivity index (χ2v) is 7.79. The molecule has 1 fully saturated rings. The van der Waals surface area contributed by atoms with Crippen molar-refractivity contribution in [3.05, 3.63) is 57.8 Å². The van der Waals surface area contributed by atoms with Crippen molar-refractivity contribution >= 4 is 23.2 Å². The number of amides is 2. The Morgan fingerprint density at radius 1 is 1.12 bits per heavy atom. The standard InChI is InChI=1S/C20H22N2O3S/c23-19-17-7-1-2-8-18(17)20(24)22(19)10-9-21(13-15-5-3-11-25-15)14-16-6-4-12-26-16/h1-2,4,6-8,12,15H,3,5,9-11,13-14H2/t15-/m1/s1. The number of carbonyl (C=O) groups is 2. The maximum Gasteiger partial charge on any atom is 0.261 e. The highest BCUT2D eigenvalue weighted by Crippen LogP contribution is 2.23. The Morgan fingerprint density at radius 3 is 2.50 bits per heavy atom. The van der Waals surface area contributed by atoms with Crippen LogP contribution in [0.1, 0.15) is 38.4 Å². The van der Waals surface area contributed by atoms with Gasteiger partial charge >= 0.3 is 0 Å². The van der Waals surface area contributed by atoms with Gasteiger partial charge in [0.1, 0.15) is 0 Å². The Hall–Kier alpha value is -2.02. The van der Waals surface area contributed by atoms with Crippen LogP contribution in [0.15, 0.2) is 41.8 Å². The van der Waals surface area contributed by atoms with Crippen molar-refractivity contribution in [1.29, 1.82) is 0 Å². The number of nitrogens with zero attached hydrogens (tertiary/aromatic N) is 2. The largest absolute Gasteiger partial charge is 0.377 e. The first-order valence-corrected chi connectivity index (χ1v) is 9.92. The second-order valence-electron chi connectivity index (χ2n) is 6.76. The van der Waals surface area contributed by atoms with Crippen molar-refractivity contribution in [2.45, 2.75) is 25.5 Å². The van der Waals surface area contributed by atoms with Gasteiger partial charge in [0.05, 0.1) is 17.2 Å². The summed E-state index contributed by atoms with van der Waals surface area (Å²) in [5, 5.41) is 2.07.